The van der Waals surface area contributed by atoms with Crippen LogP contribution in [-0.2, 0) is 0 Å². The molecule has 0 saturated heterocycles. The second-order valence-corrected chi connectivity index (χ2v) is 10.9. The summed E-state index contributed by atoms with van der Waals surface area (Å²) in [7, 11) is 0. The first-order valence-electron chi connectivity index (χ1n) is 14.3. The molecule has 2 heteroatoms. The van der Waals surface area contributed by atoms with E-state index in [0.717, 1.165) is 38.5 Å². The number of benzene rings is 7. The highest BCUT2D eigenvalue weighted by molar-refractivity contribution is 6.23. The molecule has 0 unspecified atom stereocenters. The van der Waals surface area contributed by atoms with Crippen LogP contribution in [0.1, 0.15) is 0 Å². The monoisotopic (exact) mass is 536 g/mol. The van der Waals surface area contributed by atoms with Gasteiger partial charge >= 0.3 is 0 Å². The molecular formula is C40H24O2. The van der Waals surface area contributed by atoms with Crippen LogP contribution in [0, 0.1) is 0 Å². The van der Waals surface area contributed by atoms with E-state index >= 15 is 0 Å². The maximum absolute atomic E-state index is 6.40. The van der Waals surface area contributed by atoms with Crippen LogP contribution in [0.3, 0.4) is 0 Å². The molecule has 2 aromatic heterocycles. The molecular weight excluding hydrogens is 512 g/mol. The van der Waals surface area contributed by atoms with Crippen LogP contribution in [0.5, 0.6) is 0 Å². The lowest BCUT2D eigenvalue weighted by Crippen LogP contribution is -1.91. The molecule has 0 aliphatic rings. The van der Waals surface area contributed by atoms with E-state index < -0.39 is 0 Å². The van der Waals surface area contributed by atoms with Gasteiger partial charge in [-0.15, -0.1) is 0 Å². The molecule has 0 aliphatic heterocycles. The molecule has 0 aliphatic carbocycles. The van der Waals surface area contributed by atoms with E-state index in [-0.39, 0.29) is 0 Å². The minimum absolute atomic E-state index is 0.841. The van der Waals surface area contributed by atoms with Crippen LogP contribution in [0.2, 0.25) is 0 Å². The van der Waals surface area contributed by atoms with Crippen molar-refractivity contribution in [1.29, 1.82) is 0 Å². The fraction of sp³-hybridized carbons (Fsp3) is 0. The zero-order valence-electron chi connectivity index (χ0n) is 22.7. The standard InChI is InChI=1S/C40H24O2/c1-2-9-25(10-3-1)27-11-8-12-28(23-27)37-30-13-4-6-15-32(30)38(33-16-7-5-14-31(33)37)29-17-19-34-36(24-29)42-35-20-18-26-21-22-41-40(26)39(34)35/h1-24H. The third-order valence-corrected chi connectivity index (χ3v) is 8.53. The van der Waals surface area contributed by atoms with E-state index in [1.54, 1.807) is 6.26 Å². The third-order valence-electron chi connectivity index (χ3n) is 8.53. The van der Waals surface area contributed by atoms with Crippen molar-refractivity contribution in [3.8, 4) is 33.4 Å². The minimum atomic E-state index is 0.841. The summed E-state index contributed by atoms with van der Waals surface area (Å²) in [5.74, 6) is 0. The van der Waals surface area contributed by atoms with Gasteiger partial charge in [0.25, 0.3) is 0 Å². The quantitative estimate of drug-likeness (QED) is 0.210. The van der Waals surface area contributed by atoms with Crippen LogP contribution in [0.25, 0.3) is 87.8 Å². The van der Waals surface area contributed by atoms with Gasteiger partial charge in [-0.1, -0.05) is 103 Å². The average molecular weight is 537 g/mol. The molecule has 0 saturated carbocycles. The molecule has 0 atom stereocenters. The summed E-state index contributed by atoms with van der Waals surface area (Å²) in [6.07, 6.45) is 1.74. The molecule has 0 fully saturated rings. The van der Waals surface area contributed by atoms with E-state index in [9.17, 15) is 0 Å². The zero-order chi connectivity index (χ0) is 27.6. The summed E-state index contributed by atoms with van der Waals surface area (Å²) in [5.41, 5.74) is 9.83. The van der Waals surface area contributed by atoms with Crippen molar-refractivity contribution in [2.45, 2.75) is 0 Å². The Morgan fingerprint density at radius 3 is 1.71 bits per heavy atom. The van der Waals surface area contributed by atoms with Gasteiger partial charge in [0.15, 0.2) is 0 Å². The SMILES string of the molecule is c1ccc(-c2cccc(-c3c4ccccc4c(-c4ccc5c(c4)oc4ccc6ccoc6c45)c4ccccc34)c2)cc1. The van der Waals surface area contributed by atoms with Gasteiger partial charge in [0.1, 0.15) is 16.7 Å². The second-order valence-electron chi connectivity index (χ2n) is 10.9. The summed E-state index contributed by atoms with van der Waals surface area (Å²) in [6, 6.07) is 49.7. The zero-order valence-corrected chi connectivity index (χ0v) is 22.7. The van der Waals surface area contributed by atoms with Crippen LogP contribution in [-0.4, -0.2) is 0 Å². The number of hydrogen-bond donors (Lipinski definition) is 0. The van der Waals surface area contributed by atoms with Crippen molar-refractivity contribution in [3.63, 3.8) is 0 Å². The normalized spacial score (nSPS) is 11.8. The van der Waals surface area contributed by atoms with Gasteiger partial charge in [-0.25, -0.2) is 0 Å². The van der Waals surface area contributed by atoms with E-state index in [4.69, 9.17) is 8.83 Å². The lowest BCUT2D eigenvalue weighted by Gasteiger charge is -2.18. The van der Waals surface area contributed by atoms with Gasteiger partial charge in [0, 0.05) is 10.8 Å². The molecule has 0 amide bonds. The van der Waals surface area contributed by atoms with E-state index in [0.29, 0.717) is 0 Å². The summed E-state index contributed by atoms with van der Waals surface area (Å²) in [5, 5.41) is 8.09. The summed E-state index contributed by atoms with van der Waals surface area (Å²) >= 11 is 0. The van der Waals surface area contributed by atoms with Gasteiger partial charge in [-0.2, -0.15) is 0 Å². The summed E-state index contributed by atoms with van der Waals surface area (Å²) in [4.78, 5) is 0. The highest BCUT2D eigenvalue weighted by Gasteiger charge is 2.19. The van der Waals surface area contributed by atoms with Crippen LogP contribution >= 0.6 is 0 Å². The van der Waals surface area contributed by atoms with Crippen molar-refractivity contribution >= 4 is 54.5 Å². The number of furan rings is 2. The maximum Gasteiger partial charge on any atom is 0.145 e. The van der Waals surface area contributed by atoms with E-state index in [1.807, 2.05) is 12.1 Å². The van der Waals surface area contributed by atoms with Gasteiger partial charge < -0.3 is 8.83 Å². The highest BCUT2D eigenvalue weighted by Crippen LogP contribution is 2.45. The molecule has 42 heavy (non-hydrogen) atoms. The fourth-order valence-corrected chi connectivity index (χ4v) is 6.68. The molecule has 196 valence electrons. The maximum atomic E-state index is 6.40. The number of rotatable bonds is 3. The Hall–Kier alpha value is -5.60. The molecule has 0 radical (unpaired) electrons. The topological polar surface area (TPSA) is 26.3 Å². The van der Waals surface area contributed by atoms with E-state index in [1.165, 1.54) is 49.4 Å². The summed E-state index contributed by atoms with van der Waals surface area (Å²) in [6.45, 7) is 0. The Balaban J connectivity index is 1.32. The molecule has 0 bridgehead atoms. The third kappa shape index (κ3) is 3.39. The van der Waals surface area contributed by atoms with Crippen LogP contribution < -0.4 is 0 Å². The molecule has 7 aromatic carbocycles. The lowest BCUT2D eigenvalue weighted by atomic mass is 9.85. The molecule has 9 rings (SSSR count). The molecule has 0 spiro atoms. The first kappa shape index (κ1) is 23.1. The van der Waals surface area contributed by atoms with Crippen molar-refractivity contribution in [2.24, 2.45) is 0 Å². The van der Waals surface area contributed by atoms with Crippen molar-refractivity contribution in [2.75, 3.05) is 0 Å². The van der Waals surface area contributed by atoms with Crippen molar-refractivity contribution < 1.29 is 8.83 Å². The minimum Gasteiger partial charge on any atom is -0.464 e. The van der Waals surface area contributed by atoms with E-state index in [2.05, 4.69) is 127 Å². The molecule has 2 heterocycles. The van der Waals surface area contributed by atoms with Gasteiger partial charge in [-0.3, -0.25) is 0 Å². The van der Waals surface area contributed by atoms with Crippen molar-refractivity contribution in [1.82, 2.24) is 0 Å². The Bertz CT molecular complexity index is 2400. The molecule has 0 N–H and O–H groups in total. The molecule has 9 aromatic rings. The number of fused-ring (bicyclic) bond motifs is 7. The Kier molecular flexibility index (Phi) is 4.93. The Labute approximate surface area is 242 Å². The smallest absolute Gasteiger partial charge is 0.145 e. The average Bonchev–Trinajstić information content (AvgIpc) is 3.68. The first-order valence-corrected chi connectivity index (χ1v) is 14.3. The highest BCUT2D eigenvalue weighted by atomic mass is 16.3. The largest absolute Gasteiger partial charge is 0.464 e. The predicted octanol–water partition coefficient (Wildman–Crippen LogP) is 11.6. The fourth-order valence-electron chi connectivity index (χ4n) is 6.68. The van der Waals surface area contributed by atoms with Gasteiger partial charge in [0.2, 0.25) is 0 Å². The lowest BCUT2D eigenvalue weighted by molar-refractivity contribution is 0.618. The predicted molar refractivity (Wildman–Crippen MR) is 175 cm³/mol. The number of hydrogen-bond acceptors (Lipinski definition) is 2. The van der Waals surface area contributed by atoms with Gasteiger partial charge in [0.05, 0.1) is 11.6 Å². The van der Waals surface area contributed by atoms with Crippen LogP contribution in [0.15, 0.2) is 155 Å². The summed E-state index contributed by atoms with van der Waals surface area (Å²) < 4.78 is 12.3. The molecule has 2 nitrogen and oxygen atoms in total. The second kappa shape index (κ2) is 8.95. The Morgan fingerprint density at radius 2 is 1.00 bits per heavy atom. The first-order chi connectivity index (χ1) is 20.8. The Morgan fingerprint density at radius 1 is 0.381 bits per heavy atom. The van der Waals surface area contributed by atoms with Crippen LogP contribution in [0.4, 0.5) is 0 Å². The van der Waals surface area contributed by atoms with Crippen molar-refractivity contribution in [3.05, 3.63) is 146 Å². The van der Waals surface area contributed by atoms with Gasteiger partial charge in [-0.05, 0) is 91.3 Å².